The largest absolute Gasteiger partial charge is 0.454 e. The molecule has 0 saturated carbocycles. The molecule has 0 bridgehead atoms. The first kappa shape index (κ1) is 20.8. The Morgan fingerprint density at radius 1 is 1.15 bits per heavy atom. The maximum absolute atomic E-state index is 12.4. The van der Waals surface area contributed by atoms with Gasteiger partial charge in [-0.1, -0.05) is 18.2 Å². The van der Waals surface area contributed by atoms with Crippen molar-refractivity contribution in [2.45, 2.75) is 20.5 Å². The number of ether oxygens (including phenoxy) is 1. The van der Waals surface area contributed by atoms with E-state index in [0.29, 0.717) is 21.8 Å². The minimum atomic E-state index is -0.510. The van der Waals surface area contributed by atoms with Crippen molar-refractivity contribution in [1.82, 2.24) is 28.9 Å². The summed E-state index contributed by atoms with van der Waals surface area (Å²) in [5, 5.41) is 14.6. The smallest absolute Gasteiger partial charge is 0.331 e. The minimum Gasteiger partial charge on any atom is -0.454 e. The molecule has 0 amide bonds. The first-order valence-electron chi connectivity index (χ1n) is 10.2. The number of hydrogen-bond donors (Lipinski definition) is 0. The zero-order valence-electron chi connectivity index (χ0n) is 18.2. The summed E-state index contributed by atoms with van der Waals surface area (Å²) in [6.45, 7) is 3.78. The summed E-state index contributed by atoms with van der Waals surface area (Å²) in [4.78, 5) is 24.9. The number of benzene rings is 1. The van der Waals surface area contributed by atoms with Gasteiger partial charge < -0.3 is 4.74 Å². The van der Waals surface area contributed by atoms with Crippen LogP contribution in [-0.2, 0) is 23.2 Å². The number of thiophene rings is 1. The van der Waals surface area contributed by atoms with E-state index in [2.05, 4.69) is 15.3 Å². The van der Waals surface area contributed by atoms with Gasteiger partial charge in [0.15, 0.2) is 12.4 Å². The number of fused-ring (bicyclic) bond motifs is 3. The summed E-state index contributed by atoms with van der Waals surface area (Å²) in [5.41, 5.74) is 4.11. The molecule has 0 radical (unpaired) electrons. The van der Waals surface area contributed by atoms with Crippen LogP contribution >= 0.6 is 11.3 Å². The molecule has 166 valence electrons. The predicted molar refractivity (Wildman–Crippen MR) is 125 cm³/mol. The molecule has 0 N–H and O–H groups in total. The van der Waals surface area contributed by atoms with Crippen LogP contribution in [0.25, 0.3) is 27.8 Å². The van der Waals surface area contributed by atoms with Crippen LogP contribution in [0.5, 0.6) is 0 Å². The van der Waals surface area contributed by atoms with E-state index in [1.165, 1.54) is 22.0 Å². The molecule has 0 saturated heterocycles. The fourth-order valence-electron chi connectivity index (χ4n) is 3.80. The van der Waals surface area contributed by atoms with Crippen molar-refractivity contribution in [2.75, 3.05) is 0 Å². The molecule has 33 heavy (non-hydrogen) atoms. The van der Waals surface area contributed by atoms with Gasteiger partial charge in [0.2, 0.25) is 5.78 Å². The Hall–Kier alpha value is -4.05. The Kier molecular flexibility index (Phi) is 5.14. The van der Waals surface area contributed by atoms with Crippen molar-refractivity contribution in [3.8, 4) is 5.69 Å². The summed E-state index contributed by atoms with van der Waals surface area (Å²) in [7, 11) is 1.64. The van der Waals surface area contributed by atoms with Crippen LogP contribution in [-0.4, -0.2) is 34.9 Å². The minimum absolute atomic E-state index is 0.0747. The molecular weight excluding hydrogens is 440 g/mol. The molecule has 5 aromatic rings. The monoisotopic (exact) mass is 460 g/mol. The van der Waals surface area contributed by atoms with E-state index in [1.54, 1.807) is 17.5 Å². The van der Waals surface area contributed by atoms with Gasteiger partial charge in [0, 0.05) is 24.4 Å². The van der Waals surface area contributed by atoms with Crippen LogP contribution in [0.1, 0.15) is 22.8 Å². The predicted octanol–water partition coefficient (Wildman–Crippen LogP) is 3.20. The van der Waals surface area contributed by atoms with E-state index < -0.39 is 5.97 Å². The molecule has 0 aliphatic rings. The quantitative estimate of drug-likeness (QED) is 0.295. The topological polar surface area (TPSA) is 96.3 Å². The molecule has 0 atom stereocenters. The number of carbonyl (C=O) groups is 1. The second kappa shape index (κ2) is 8.14. The van der Waals surface area contributed by atoms with E-state index in [-0.39, 0.29) is 12.2 Å². The van der Waals surface area contributed by atoms with Crippen molar-refractivity contribution in [3.63, 3.8) is 0 Å². The van der Waals surface area contributed by atoms with Gasteiger partial charge >= 0.3 is 5.97 Å². The number of nitrogens with zero attached hydrogens (tertiary/aromatic N) is 6. The van der Waals surface area contributed by atoms with Crippen LogP contribution in [0, 0.1) is 13.8 Å². The lowest BCUT2D eigenvalue weighted by molar-refractivity contribution is -0.139. The number of hydrogen-bond acceptors (Lipinski definition) is 7. The SMILES string of the molecule is Cc1nn(-c2ccccc2)c(C)c1C=CC(=O)OCc1nnc2n(C)c(=O)c3sccc3n12. The van der Waals surface area contributed by atoms with Gasteiger partial charge in [-0.25, -0.2) is 9.48 Å². The van der Waals surface area contributed by atoms with Gasteiger partial charge in [0.25, 0.3) is 5.56 Å². The van der Waals surface area contributed by atoms with Crippen LogP contribution in [0.3, 0.4) is 0 Å². The van der Waals surface area contributed by atoms with Crippen molar-refractivity contribution in [2.24, 2.45) is 7.05 Å². The Labute approximate surface area is 192 Å². The molecule has 1 aromatic carbocycles. The maximum atomic E-state index is 12.4. The fraction of sp³-hybridized carbons (Fsp3) is 0.174. The summed E-state index contributed by atoms with van der Waals surface area (Å²) in [6.07, 6.45) is 3.09. The summed E-state index contributed by atoms with van der Waals surface area (Å²) >= 11 is 1.35. The molecule has 0 spiro atoms. The van der Waals surface area contributed by atoms with Crippen molar-refractivity contribution < 1.29 is 9.53 Å². The number of para-hydroxylation sites is 1. The van der Waals surface area contributed by atoms with Crippen LogP contribution < -0.4 is 5.56 Å². The molecule has 4 heterocycles. The van der Waals surface area contributed by atoms with Crippen LogP contribution in [0.15, 0.2) is 52.6 Å². The third-order valence-corrected chi connectivity index (χ3v) is 6.37. The highest BCUT2D eigenvalue weighted by Crippen LogP contribution is 2.21. The molecule has 0 aliphatic heterocycles. The van der Waals surface area contributed by atoms with Gasteiger partial charge in [-0.3, -0.25) is 13.8 Å². The average Bonchev–Trinajstić information content (AvgIpc) is 3.53. The molecule has 0 unspecified atom stereocenters. The first-order chi connectivity index (χ1) is 16.0. The Morgan fingerprint density at radius 2 is 1.94 bits per heavy atom. The number of carbonyl (C=O) groups excluding carboxylic acids is 1. The van der Waals surface area contributed by atoms with Crippen LogP contribution in [0.4, 0.5) is 0 Å². The van der Waals surface area contributed by atoms with E-state index in [9.17, 15) is 9.59 Å². The average molecular weight is 461 g/mol. The molecular formula is C23H20N6O3S. The van der Waals surface area contributed by atoms with Crippen molar-refractivity contribution in [1.29, 1.82) is 0 Å². The molecule has 5 rings (SSSR count). The van der Waals surface area contributed by atoms with Gasteiger partial charge in [-0.05, 0) is 43.5 Å². The third-order valence-electron chi connectivity index (χ3n) is 5.47. The molecule has 0 fully saturated rings. The second-order valence-corrected chi connectivity index (χ2v) is 8.44. The van der Waals surface area contributed by atoms with E-state index >= 15 is 0 Å². The lowest BCUT2D eigenvalue weighted by Gasteiger charge is -2.05. The van der Waals surface area contributed by atoms with Crippen molar-refractivity contribution >= 4 is 39.4 Å². The zero-order valence-corrected chi connectivity index (χ0v) is 19.0. The summed E-state index contributed by atoms with van der Waals surface area (Å²) in [5.74, 6) is 0.325. The summed E-state index contributed by atoms with van der Waals surface area (Å²) in [6, 6.07) is 11.6. The second-order valence-electron chi connectivity index (χ2n) is 7.52. The molecule has 10 heteroatoms. The van der Waals surface area contributed by atoms with E-state index in [1.807, 2.05) is 60.3 Å². The number of esters is 1. The Balaban J connectivity index is 1.37. The Bertz CT molecular complexity index is 1590. The van der Waals surface area contributed by atoms with E-state index in [4.69, 9.17) is 4.74 Å². The number of aryl methyl sites for hydroxylation is 2. The first-order valence-corrected chi connectivity index (χ1v) is 11.1. The standard InChI is InChI=1S/C23H20N6O3S/c1-14-17(15(2)29(26-14)16-7-5-4-6-8-16)9-10-20(30)32-13-19-24-25-23-27(3)22(31)21-18(28(19)23)11-12-33-21/h4-12H,13H2,1-3H3. The van der Waals surface area contributed by atoms with Gasteiger partial charge in [0.05, 0.1) is 16.9 Å². The van der Waals surface area contributed by atoms with E-state index in [0.717, 1.165) is 22.6 Å². The highest BCUT2D eigenvalue weighted by Gasteiger charge is 2.16. The maximum Gasteiger partial charge on any atom is 0.331 e. The van der Waals surface area contributed by atoms with Gasteiger partial charge in [0.1, 0.15) is 4.70 Å². The fourth-order valence-corrected chi connectivity index (χ4v) is 4.65. The van der Waals surface area contributed by atoms with Crippen LogP contribution in [0.2, 0.25) is 0 Å². The Morgan fingerprint density at radius 3 is 2.73 bits per heavy atom. The lowest BCUT2D eigenvalue weighted by Crippen LogP contribution is -2.19. The number of rotatable bonds is 5. The molecule has 9 nitrogen and oxygen atoms in total. The van der Waals surface area contributed by atoms with Gasteiger partial charge in [-0.15, -0.1) is 21.5 Å². The zero-order chi connectivity index (χ0) is 23.1. The highest BCUT2D eigenvalue weighted by molar-refractivity contribution is 7.17. The summed E-state index contributed by atoms with van der Waals surface area (Å²) < 4.78 is 11.0. The highest BCUT2D eigenvalue weighted by atomic mass is 32.1. The van der Waals surface area contributed by atoms with Gasteiger partial charge in [-0.2, -0.15) is 5.10 Å². The molecule has 4 aromatic heterocycles. The normalized spacial score (nSPS) is 11.7. The van der Waals surface area contributed by atoms with Crippen molar-refractivity contribution in [3.05, 3.63) is 81.0 Å². The third kappa shape index (κ3) is 3.54. The molecule has 0 aliphatic carbocycles. The number of aromatic nitrogens is 6. The lowest BCUT2D eigenvalue weighted by atomic mass is 10.2.